The molecular weight excluding hydrogens is 188 g/mol. The second-order valence-corrected chi connectivity index (χ2v) is 4.35. The lowest BCUT2D eigenvalue weighted by Crippen LogP contribution is -2.34. The van der Waals surface area contributed by atoms with Crippen molar-refractivity contribution >= 4 is 11.6 Å². The smallest absolute Gasteiger partial charge is 0.132 e. The molecule has 15 heavy (non-hydrogen) atoms. The van der Waals surface area contributed by atoms with E-state index in [0.29, 0.717) is 6.04 Å². The largest absolute Gasteiger partial charge is 0.373 e. The normalized spacial score (nSPS) is 24.5. The average molecular weight is 206 g/mol. The van der Waals surface area contributed by atoms with Gasteiger partial charge in [-0.25, -0.2) is 9.97 Å². The Bertz CT molecular complexity index is 344. The molecule has 0 aromatic carbocycles. The zero-order valence-electron chi connectivity index (χ0n) is 9.54. The number of nitrogens with zero attached hydrogens (tertiary/aromatic N) is 2. The van der Waals surface area contributed by atoms with E-state index < -0.39 is 0 Å². The number of aryl methyl sites for hydroxylation is 1. The Balaban J connectivity index is 2.04. The fourth-order valence-electron chi connectivity index (χ4n) is 2.00. The number of aromatic nitrogens is 2. The van der Waals surface area contributed by atoms with Gasteiger partial charge in [-0.2, -0.15) is 0 Å². The Morgan fingerprint density at radius 1 is 1.27 bits per heavy atom. The standard InChI is InChI=1S/C11H18N4/c1-7-4-9(5-7)15-11-6-10(12-3)13-8(2)14-11/h6-7,9H,4-5H2,1-3H3,(H2,12,13,14,15). The summed E-state index contributed by atoms with van der Waals surface area (Å²) in [5, 5.41) is 6.47. The Morgan fingerprint density at radius 2 is 1.93 bits per heavy atom. The molecule has 1 heterocycles. The fourth-order valence-corrected chi connectivity index (χ4v) is 2.00. The van der Waals surface area contributed by atoms with Gasteiger partial charge in [-0.05, 0) is 25.7 Å². The van der Waals surface area contributed by atoms with Crippen molar-refractivity contribution in [3.05, 3.63) is 11.9 Å². The monoisotopic (exact) mass is 206 g/mol. The quantitative estimate of drug-likeness (QED) is 0.794. The highest BCUT2D eigenvalue weighted by Crippen LogP contribution is 2.29. The molecule has 2 N–H and O–H groups in total. The molecule has 0 amide bonds. The molecule has 0 unspecified atom stereocenters. The SMILES string of the molecule is CNc1cc(NC2CC(C)C2)nc(C)n1. The van der Waals surface area contributed by atoms with Crippen molar-refractivity contribution in [1.29, 1.82) is 0 Å². The van der Waals surface area contributed by atoms with E-state index in [0.717, 1.165) is 23.4 Å². The van der Waals surface area contributed by atoms with Crippen molar-refractivity contribution in [2.45, 2.75) is 32.7 Å². The van der Waals surface area contributed by atoms with Crippen LogP contribution in [0.2, 0.25) is 0 Å². The van der Waals surface area contributed by atoms with E-state index in [9.17, 15) is 0 Å². The van der Waals surface area contributed by atoms with E-state index in [2.05, 4.69) is 27.5 Å². The van der Waals surface area contributed by atoms with Gasteiger partial charge in [0.2, 0.25) is 0 Å². The number of rotatable bonds is 3. The van der Waals surface area contributed by atoms with Crippen LogP contribution in [0.4, 0.5) is 11.6 Å². The maximum Gasteiger partial charge on any atom is 0.132 e. The van der Waals surface area contributed by atoms with Gasteiger partial charge in [-0.15, -0.1) is 0 Å². The maximum atomic E-state index is 4.37. The van der Waals surface area contributed by atoms with E-state index in [4.69, 9.17) is 0 Å². The maximum absolute atomic E-state index is 4.37. The van der Waals surface area contributed by atoms with Gasteiger partial charge in [0.1, 0.15) is 17.5 Å². The molecule has 1 aromatic heterocycles. The number of nitrogens with one attached hydrogen (secondary N) is 2. The van der Waals surface area contributed by atoms with Crippen LogP contribution in [0.15, 0.2) is 6.07 Å². The predicted octanol–water partition coefficient (Wildman–Crippen LogP) is 2.04. The van der Waals surface area contributed by atoms with Gasteiger partial charge in [-0.1, -0.05) is 6.92 Å². The summed E-state index contributed by atoms with van der Waals surface area (Å²) in [6.45, 7) is 4.19. The molecule has 0 saturated heterocycles. The third kappa shape index (κ3) is 2.37. The second-order valence-electron chi connectivity index (χ2n) is 4.35. The predicted molar refractivity (Wildman–Crippen MR) is 62.1 cm³/mol. The molecule has 1 aliphatic rings. The summed E-state index contributed by atoms with van der Waals surface area (Å²) in [5.41, 5.74) is 0. The van der Waals surface area contributed by atoms with Crippen molar-refractivity contribution in [3.8, 4) is 0 Å². The fraction of sp³-hybridized carbons (Fsp3) is 0.636. The molecule has 0 atom stereocenters. The molecule has 0 radical (unpaired) electrons. The van der Waals surface area contributed by atoms with Crippen LogP contribution in [0.5, 0.6) is 0 Å². The molecule has 4 heteroatoms. The number of hydrogen-bond acceptors (Lipinski definition) is 4. The molecule has 4 nitrogen and oxygen atoms in total. The van der Waals surface area contributed by atoms with Crippen LogP contribution in [0.1, 0.15) is 25.6 Å². The lowest BCUT2D eigenvalue weighted by atomic mass is 9.82. The van der Waals surface area contributed by atoms with Crippen molar-refractivity contribution in [2.24, 2.45) is 5.92 Å². The summed E-state index contributed by atoms with van der Waals surface area (Å²) in [5.74, 6) is 3.46. The molecule has 0 aliphatic heterocycles. The van der Waals surface area contributed by atoms with Gasteiger partial charge in [0.15, 0.2) is 0 Å². The third-order valence-electron chi connectivity index (χ3n) is 2.82. The molecule has 82 valence electrons. The van der Waals surface area contributed by atoms with Gasteiger partial charge in [0, 0.05) is 19.2 Å². The summed E-state index contributed by atoms with van der Waals surface area (Å²) < 4.78 is 0. The zero-order chi connectivity index (χ0) is 10.8. The molecule has 2 rings (SSSR count). The highest BCUT2D eigenvalue weighted by molar-refractivity contribution is 5.47. The van der Waals surface area contributed by atoms with Gasteiger partial charge in [0.25, 0.3) is 0 Å². The molecular formula is C11H18N4. The first-order chi connectivity index (χ1) is 7.17. The summed E-state index contributed by atoms with van der Waals surface area (Å²) in [7, 11) is 1.87. The van der Waals surface area contributed by atoms with Gasteiger partial charge < -0.3 is 10.6 Å². The highest BCUT2D eigenvalue weighted by atomic mass is 15.1. The Morgan fingerprint density at radius 3 is 2.53 bits per heavy atom. The van der Waals surface area contributed by atoms with E-state index in [1.165, 1.54) is 12.8 Å². The van der Waals surface area contributed by atoms with Gasteiger partial charge >= 0.3 is 0 Å². The van der Waals surface area contributed by atoms with Crippen LogP contribution < -0.4 is 10.6 Å². The van der Waals surface area contributed by atoms with Crippen LogP contribution in [0.3, 0.4) is 0 Å². The first-order valence-corrected chi connectivity index (χ1v) is 5.47. The minimum absolute atomic E-state index is 0.596. The lowest BCUT2D eigenvalue weighted by Gasteiger charge is -2.33. The van der Waals surface area contributed by atoms with Crippen LogP contribution in [0.25, 0.3) is 0 Å². The zero-order valence-corrected chi connectivity index (χ0v) is 9.54. The van der Waals surface area contributed by atoms with Crippen LogP contribution in [-0.4, -0.2) is 23.1 Å². The summed E-state index contributed by atoms with van der Waals surface area (Å²) >= 11 is 0. The summed E-state index contributed by atoms with van der Waals surface area (Å²) in [6.07, 6.45) is 2.50. The first-order valence-electron chi connectivity index (χ1n) is 5.47. The molecule has 0 spiro atoms. The molecule has 1 aromatic rings. The molecule has 1 aliphatic carbocycles. The highest BCUT2D eigenvalue weighted by Gasteiger charge is 2.25. The topological polar surface area (TPSA) is 49.8 Å². The first kappa shape index (κ1) is 10.2. The van der Waals surface area contributed by atoms with E-state index in [-0.39, 0.29) is 0 Å². The van der Waals surface area contributed by atoms with Crippen molar-refractivity contribution < 1.29 is 0 Å². The van der Waals surface area contributed by atoms with Gasteiger partial charge in [0.05, 0.1) is 0 Å². The van der Waals surface area contributed by atoms with Crippen LogP contribution in [-0.2, 0) is 0 Å². The minimum atomic E-state index is 0.596. The van der Waals surface area contributed by atoms with Crippen LogP contribution >= 0.6 is 0 Å². The summed E-state index contributed by atoms with van der Waals surface area (Å²) in [4.78, 5) is 8.62. The molecule has 1 saturated carbocycles. The van der Waals surface area contributed by atoms with Crippen molar-refractivity contribution in [2.75, 3.05) is 17.7 Å². The number of anilines is 2. The van der Waals surface area contributed by atoms with E-state index in [1.54, 1.807) is 0 Å². The van der Waals surface area contributed by atoms with Gasteiger partial charge in [-0.3, -0.25) is 0 Å². The lowest BCUT2D eigenvalue weighted by molar-refractivity contribution is 0.308. The van der Waals surface area contributed by atoms with E-state index >= 15 is 0 Å². The molecule has 0 bridgehead atoms. The molecule has 1 fully saturated rings. The Labute approximate surface area is 90.5 Å². The Hall–Kier alpha value is -1.32. The Kier molecular flexibility index (Phi) is 2.75. The van der Waals surface area contributed by atoms with Crippen LogP contribution in [0, 0.1) is 12.8 Å². The number of hydrogen-bond donors (Lipinski definition) is 2. The average Bonchev–Trinajstić information content (AvgIpc) is 2.14. The van der Waals surface area contributed by atoms with Crippen molar-refractivity contribution in [3.63, 3.8) is 0 Å². The second kappa shape index (κ2) is 4.04. The summed E-state index contributed by atoms with van der Waals surface area (Å²) in [6, 6.07) is 2.55. The van der Waals surface area contributed by atoms with Crippen molar-refractivity contribution in [1.82, 2.24) is 9.97 Å². The van der Waals surface area contributed by atoms with E-state index in [1.807, 2.05) is 20.0 Å². The third-order valence-corrected chi connectivity index (χ3v) is 2.82. The minimum Gasteiger partial charge on any atom is -0.373 e.